The van der Waals surface area contributed by atoms with Crippen LogP contribution in [-0.2, 0) is 5.41 Å². The monoisotopic (exact) mass is 254 g/mol. The highest BCUT2D eigenvalue weighted by Gasteiger charge is 2.16. The van der Waals surface area contributed by atoms with Crippen molar-refractivity contribution in [2.24, 2.45) is 0 Å². The van der Waals surface area contributed by atoms with Crippen molar-refractivity contribution >= 4 is 0 Å². The molecule has 0 saturated carbocycles. The smallest absolute Gasteiger partial charge is 0.127 e. The quantitative estimate of drug-likeness (QED) is 0.744. The normalized spacial score (nSPS) is 11.4. The summed E-state index contributed by atoms with van der Waals surface area (Å²) in [5, 5.41) is 0. The molecule has 0 unspecified atom stereocenters. The van der Waals surface area contributed by atoms with Crippen LogP contribution in [0, 0.1) is 0 Å². The van der Waals surface area contributed by atoms with Gasteiger partial charge in [-0.25, -0.2) is 0 Å². The number of hydrogen-bond acceptors (Lipinski definition) is 1. The first-order valence-electron chi connectivity index (χ1n) is 6.85. The van der Waals surface area contributed by atoms with E-state index in [2.05, 4.69) is 63.2 Å². The van der Waals surface area contributed by atoms with E-state index in [1.807, 2.05) is 13.0 Å². The summed E-state index contributed by atoms with van der Waals surface area (Å²) in [5.74, 6) is 0.960. The van der Waals surface area contributed by atoms with Gasteiger partial charge in [-0.15, -0.1) is 0 Å². The van der Waals surface area contributed by atoms with Crippen LogP contribution < -0.4 is 4.74 Å². The lowest BCUT2D eigenvalue weighted by atomic mass is 9.85. The molecule has 2 aromatic carbocycles. The van der Waals surface area contributed by atoms with Crippen LogP contribution in [-0.4, -0.2) is 6.61 Å². The van der Waals surface area contributed by atoms with Crippen LogP contribution in [0.1, 0.15) is 33.3 Å². The summed E-state index contributed by atoms with van der Waals surface area (Å²) < 4.78 is 5.76. The standard InChI is InChI=1S/C18H22O/c1-5-19-17-12-11-15(18(2,3)4)13-16(17)14-9-7-6-8-10-14/h6-13H,5H2,1-4H3. The number of ether oxygens (including phenoxy) is 1. The first-order valence-corrected chi connectivity index (χ1v) is 6.85. The maximum absolute atomic E-state index is 5.76. The average Bonchev–Trinajstić information content (AvgIpc) is 2.39. The van der Waals surface area contributed by atoms with Gasteiger partial charge in [0.15, 0.2) is 0 Å². The molecule has 0 bridgehead atoms. The summed E-state index contributed by atoms with van der Waals surface area (Å²) >= 11 is 0. The van der Waals surface area contributed by atoms with Gasteiger partial charge in [0.05, 0.1) is 6.61 Å². The van der Waals surface area contributed by atoms with E-state index >= 15 is 0 Å². The lowest BCUT2D eigenvalue weighted by Crippen LogP contribution is -2.11. The molecule has 0 N–H and O–H groups in total. The van der Waals surface area contributed by atoms with Crippen LogP contribution in [0.3, 0.4) is 0 Å². The first-order chi connectivity index (χ1) is 9.02. The molecule has 2 aromatic rings. The van der Waals surface area contributed by atoms with Crippen molar-refractivity contribution in [1.29, 1.82) is 0 Å². The van der Waals surface area contributed by atoms with E-state index in [1.165, 1.54) is 16.7 Å². The summed E-state index contributed by atoms with van der Waals surface area (Å²) in [5.41, 5.74) is 3.86. The molecule has 0 spiro atoms. The average molecular weight is 254 g/mol. The molecule has 0 amide bonds. The van der Waals surface area contributed by atoms with Crippen molar-refractivity contribution in [3.63, 3.8) is 0 Å². The van der Waals surface area contributed by atoms with E-state index in [0.29, 0.717) is 6.61 Å². The summed E-state index contributed by atoms with van der Waals surface area (Å²) in [6, 6.07) is 16.9. The molecule has 100 valence electrons. The van der Waals surface area contributed by atoms with Crippen molar-refractivity contribution in [3.05, 3.63) is 54.1 Å². The largest absolute Gasteiger partial charge is 0.493 e. The molecule has 19 heavy (non-hydrogen) atoms. The second-order valence-electron chi connectivity index (χ2n) is 5.76. The third-order valence-electron chi connectivity index (χ3n) is 3.23. The van der Waals surface area contributed by atoms with Gasteiger partial charge >= 0.3 is 0 Å². The van der Waals surface area contributed by atoms with E-state index < -0.39 is 0 Å². The Morgan fingerprint density at radius 2 is 1.63 bits per heavy atom. The third-order valence-corrected chi connectivity index (χ3v) is 3.23. The third kappa shape index (κ3) is 3.17. The van der Waals surface area contributed by atoms with Crippen LogP contribution in [0.25, 0.3) is 11.1 Å². The summed E-state index contributed by atoms with van der Waals surface area (Å²) in [6.07, 6.45) is 0. The second-order valence-corrected chi connectivity index (χ2v) is 5.76. The Morgan fingerprint density at radius 3 is 2.21 bits per heavy atom. The molecule has 0 aromatic heterocycles. The predicted octanol–water partition coefficient (Wildman–Crippen LogP) is 5.05. The molecule has 0 aliphatic carbocycles. The van der Waals surface area contributed by atoms with E-state index in [1.54, 1.807) is 0 Å². The van der Waals surface area contributed by atoms with Crippen LogP contribution in [0.5, 0.6) is 5.75 Å². The zero-order valence-corrected chi connectivity index (χ0v) is 12.2. The second kappa shape index (κ2) is 5.48. The highest BCUT2D eigenvalue weighted by molar-refractivity contribution is 5.71. The fourth-order valence-electron chi connectivity index (χ4n) is 2.12. The Balaban J connectivity index is 2.54. The molecule has 2 rings (SSSR count). The molecule has 0 aliphatic heterocycles. The van der Waals surface area contributed by atoms with Gasteiger partial charge in [-0.2, -0.15) is 0 Å². The summed E-state index contributed by atoms with van der Waals surface area (Å²) in [4.78, 5) is 0. The number of benzene rings is 2. The van der Waals surface area contributed by atoms with E-state index in [9.17, 15) is 0 Å². The molecular weight excluding hydrogens is 232 g/mol. The van der Waals surface area contributed by atoms with Gasteiger partial charge in [-0.3, -0.25) is 0 Å². The minimum atomic E-state index is 0.147. The fraction of sp³-hybridized carbons (Fsp3) is 0.333. The molecule has 0 saturated heterocycles. The first kappa shape index (κ1) is 13.7. The highest BCUT2D eigenvalue weighted by atomic mass is 16.5. The van der Waals surface area contributed by atoms with Gasteiger partial charge < -0.3 is 4.74 Å². The SMILES string of the molecule is CCOc1ccc(C(C)(C)C)cc1-c1ccccc1. The van der Waals surface area contributed by atoms with E-state index in [-0.39, 0.29) is 5.41 Å². The van der Waals surface area contributed by atoms with Gasteiger partial charge in [0, 0.05) is 5.56 Å². The lowest BCUT2D eigenvalue weighted by molar-refractivity contribution is 0.341. The molecule has 0 atom stereocenters. The van der Waals surface area contributed by atoms with Crippen molar-refractivity contribution in [2.45, 2.75) is 33.1 Å². The fourth-order valence-corrected chi connectivity index (χ4v) is 2.12. The van der Waals surface area contributed by atoms with Gasteiger partial charge in [-0.1, -0.05) is 57.2 Å². The molecule has 0 heterocycles. The van der Waals surface area contributed by atoms with Gasteiger partial charge in [0.25, 0.3) is 0 Å². The van der Waals surface area contributed by atoms with Crippen molar-refractivity contribution in [2.75, 3.05) is 6.61 Å². The van der Waals surface area contributed by atoms with Gasteiger partial charge in [0.2, 0.25) is 0 Å². The highest BCUT2D eigenvalue weighted by Crippen LogP contribution is 2.34. The summed E-state index contributed by atoms with van der Waals surface area (Å²) in [7, 11) is 0. The van der Waals surface area contributed by atoms with Crippen LogP contribution in [0.4, 0.5) is 0 Å². The Labute approximate surface area is 116 Å². The molecular formula is C18H22O. The zero-order chi connectivity index (χ0) is 13.9. The minimum Gasteiger partial charge on any atom is -0.493 e. The maximum atomic E-state index is 5.76. The van der Waals surface area contributed by atoms with E-state index in [4.69, 9.17) is 4.74 Å². The molecule has 0 aliphatic rings. The summed E-state index contributed by atoms with van der Waals surface area (Å²) in [6.45, 7) is 9.41. The van der Waals surface area contributed by atoms with Crippen LogP contribution >= 0.6 is 0 Å². The zero-order valence-electron chi connectivity index (χ0n) is 12.2. The van der Waals surface area contributed by atoms with Crippen molar-refractivity contribution < 1.29 is 4.74 Å². The van der Waals surface area contributed by atoms with Gasteiger partial charge in [0.1, 0.15) is 5.75 Å². The predicted molar refractivity (Wildman–Crippen MR) is 81.7 cm³/mol. The van der Waals surface area contributed by atoms with Crippen molar-refractivity contribution in [3.8, 4) is 16.9 Å². The molecule has 0 radical (unpaired) electrons. The Bertz CT molecular complexity index is 535. The Morgan fingerprint density at radius 1 is 0.947 bits per heavy atom. The molecule has 1 nitrogen and oxygen atoms in total. The topological polar surface area (TPSA) is 9.23 Å². The number of hydrogen-bond donors (Lipinski definition) is 0. The van der Waals surface area contributed by atoms with Crippen LogP contribution in [0.2, 0.25) is 0 Å². The molecule has 0 fully saturated rings. The lowest BCUT2D eigenvalue weighted by Gasteiger charge is -2.21. The molecule has 1 heteroatoms. The minimum absolute atomic E-state index is 0.147. The maximum Gasteiger partial charge on any atom is 0.127 e. The Kier molecular flexibility index (Phi) is 3.94. The van der Waals surface area contributed by atoms with Crippen LogP contribution in [0.15, 0.2) is 48.5 Å². The van der Waals surface area contributed by atoms with Gasteiger partial charge in [-0.05, 0) is 35.6 Å². The number of rotatable bonds is 3. The Hall–Kier alpha value is -1.76. The van der Waals surface area contributed by atoms with E-state index in [0.717, 1.165) is 5.75 Å². The van der Waals surface area contributed by atoms with Crippen molar-refractivity contribution in [1.82, 2.24) is 0 Å².